The second-order valence-corrected chi connectivity index (χ2v) is 7.22. The van der Waals surface area contributed by atoms with Crippen LogP contribution in [0.25, 0.3) is 11.3 Å². The molecule has 0 bridgehead atoms. The second-order valence-electron chi connectivity index (χ2n) is 7.22. The highest BCUT2D eigenvalue weighted by Gasteiger charge is 2.47. The number of para-hydroxylation sites is 1. The van der Waals surface area contributed by atoms with Gasteiger partial charge in [0.2, 0.25) is 0 Å². The molecule has 8 heteroatoms. The fourth-order valence-electron chi connectivity index (χ4n) is 3.69. The van der Waals surface area contributed by atoms with Crippen molar-refractivity contribution in [3.05, 3.63) is 66.0 Å². The highest BCUT2D eigenvalue weighted by atomic mass is 19.1. The van der Waals surface area contributed by atoms with Crippen LogP contribution in [0.5, 0.6) is 5.75 Å². The second kappa shape index (κ2) is 7.46. The van der Waals surface area contributed by atoms with Crippen LogP contribution in [0.2, 0.25) is 0 Å². The van der Waals surface area contributed by atoms with E-state index in [1.807, 2.05) is 18.2 Å². The summed E-state index contributed by atoms with van der Waals surface area (Å²) in [5.41, 5.74) is 6.55. The Labute approximate surface area is 166 Å². The topological polar surface area (TPSA) is 114 Å². The monoisotopic (exact) mass is 393 g/mol. The van der Waals surface area contributed by atoms with Gasteiger partial charge in [-0.1, -0.05) is 12.1 Å². The van der Waals surface area contributed by atoms with Crippen LogP contribution < -0.4 is 11.1 Å². The van der Waals surface area contributed by atoms with E-state index in [-0.39, 0.29) is 16.7 Å². The summed E-state index contributed by atoms with van der Waals surface area (Å²) in [6, 6.07) is 13.7. The first-order chi connectivity index (χ1) is 14.0. The van der Waals surface area contributed by atoms with Gasteiger partial charge in [0.1, 0.15) is 17.7 Å². The minimum Gasteiger partial charge on any atom is -0.506 e. The number of carbonyl (C=O) groups is 1. The number of hydrogen-bond acceptors (Lipinski definition) is 6. The molecule has 1 saturated carbocycles. The molecule has 0 atom stereocenters. The van der Waals surface area contributed by atoms with Crippen LogP contribution in [0.1, 0.15) is 28.9 Å². The molecule has 0 spiro atoms. The van der Waals surface area contributed by atoms with Crippen LogP contribution in [0.15, 0.2) is 54.7 Å². The molecule has 2 heterocycles. The van der Waals surface area contributed by atoms with Crippen LogP contribution in [-0.2, 0) is 5.41 Å². The normalized spacial score (nSPS) is 20.7. The third-order valence-electron chi connectivity index (χ3n) is 5.28. The fourth-order valence-corrected chi connectivity index (χ4v) is 3.69. The van der Waals surface area contributed by atoms with Gasteiger partial charge in [-0.15, -0.1) is 10.2 Å². The van der Waals surface area contributed by atoms with Crippen molar-refractivity contribution < 1.29 is 14.3 Å². The number of alkyl halides is 1. The molecule has 1 amide bonds. The number of nitrogens with one attached hydrogen (secondary N) is 1. The zero-order valence-electron chi connectivity index (χ0n) is 15.5. The molecule has 0 radical (unpaired) electrons. The number of hydrogen-bond donors (Lipinski definition) is 3. The number of aromatic hydroxyl groups is 1. The van der Waals surface area contributed by atoms with Gasteiger partial charge < -0.3 is 16.2 Å². The van der Waals surface area contributed by atoms with Crippen molar-refractivity contribution in [2.45, 2.75) is 24.4 Å². The molecule has 0 aliphatic heterocycles. The van der Waals surface area contributed by atoms with E-state index in [1.54, 1.807) is 30.5 Å². The molecule has 1 aromatic carbocycles. The Morgan fingerprint density at radius 2 is 2.00 bits per heavy atom. The maximum absolute atomic E-state index is 13.7. The Balaban J connectivity index is 1.51. The molecule has 4 rings (SSSR count). The summed E-state index contributed by atoms with van der Waals surface area (Å²) in [6.07, 6.45) is 1.71. The quantitative estimate of drug-likeness (QED) is 0.593. The van der Waals surface area contributed by atoms with Crippen LogP contribution >= 0.6 is 0 Å². The lowest BCUT2D eigenvalue weighted by atomic mass is 9.65. The number of halogens is 1. The Morgan fingerprint density at radius 1 is 1.17 bits per heavy atom. The van der Waals surface area contributed by atoms with Gasteiger partial charge in [0.25, 0.3) is 5.91 Å². The van der Waals surface area contributed by atoms with Gasteiger partial charge in [-0.25, -0.2) is 4.39 Å². The molecule has 1 aliphatic carbocycles. The summed E-state index contributed by atoms with van der Waals surface area (Å²) >= 11 is 0. The van der Waals surface area contributed by atoms with Gasteiger partial charge in [0.15, 0.2) is 0 Å². The average Bonchev–Trinajstić information content (AvgIpc) is 2.71. The molecule has 1 fully saturated rings. The van der Waals surface area contributed by atoms with Crippen molar-refractivity contribution in [3.63, 3.8) is 0 Å². The van der Waals surface area contributed by atoms with Gasteiger partial charge in [-0.05, 0) is 49.2 Å². The Bertz CT molecular complexity index is 1020. The zero-order chi connectivity index (χ0) is 20.4. The van der Waals surface area contributed by atoms with Gasteiger partial charge in [0.05, 0.1) is 11.3 Å². The largest absolute Gasteiger partial charge is 0.506 e. The van der Waals surface area contributed by atoms with Gasteiger partial charge in [0, 0.05) is 29.4 Å². The molecule has 148 valence electrons. The smallest absolute Gasteiger partial charge is 0.252 e. The number of aromatic nitrogens is 3. The average molecular weight is 393 g/mol. The molecule has 1 aliphatic rings. The Hall–Kier alpha value is -3.55. The predicted molar refractivity (Wildman–Crippen MR) is 106 cm³/mol. The van der Waals surface area contributed by atoms with E-state index in [0.717, 1.165) is 5.69 Å². The molecule has 7 nitrogen and oxygen atoms in total. The first kappa shape index (κ1) is 18.8. The lowest BCUT2D eigenvalue weighted by molar-refractivity contribution is 0.0992. The predicted octanol–water partition coefficient (Wildman–Crippen LogP) is 2.82. The van der Waals surface area contributed by atoms with E-state index in [9.17, 15) is 14.3 Å². The van der Waals surface area contributed by atoms with Crippen LogP contribution in [0, 0.1) is 0 Å². The number of pyridine rings is 1. The van der Waals surface area contributed by atoms with Gasteiger partial charge in [-0.3, -0.25) is 9.78 Å². The molecule has 3 aromatic rings. The van der Waals surface area contributed by atoms with E-state index in [1.165, 1.54) is 6.07 Å². The van der Waals surface area contributed by atoms with Crippen LogP contribution in [0.3, 0.4) is 0 Å². The zero-order valence-corrected chi connectivity index (χ0v) is 15.5. The van der Waals surface area contributed by atoms with Crippen LogP contribution in [-0.4, -0.2) is 38.9 Å². The van der Waals surface area contributed by atoms with E-state index >= 15 is 0 Å². The van der Waals surface area contributed by atoms with Gasteiger partial charge >= 0.3 is 0 Å². The standard InChI is InChI=1S/C21H20FN5O2/c22-13-10-21(11-13,17-6-1-2-9-24-17)12-25-18-8-7-16(26-27-18)14-4-3-5-15(19(14)28)20(23)29/h1-9,13,28H,10-12H2,(H2,23,29)(H,25,27). The molecule has 0 saturated heterocycles. The summed E-state index contributed by atoms with van der Waals surface area (Å²) in [5.74, 6) is -0.424. The van der Waals surface area contributed by atoms with Crippen molar-refractivity contribution >= 4 is 11.7 Å². The molecular weight excluding hydrogens is 373 g/mol. The maximum atomic E-state index is 13.7. The van der Waals surface area contributed by atoms with Gasteiger partial charge in [-0.2, -0.15) is 0 Å². The van der Waals surface area contributed by atoms with Crippen molar-refractivity contribution in [2.75, 3.05) is 11.9 Å². The third-order valence-corrected chi connectivity index (χ3v) is 5.28. The number of phenols is 1. The first-order valence-corrected chi connectivity index (χ1v) is 9.24. The first-order valence-electron chi connectivity index (χ1n) is 9.24. The molecule has 4 N–H and O–H groups in total. The number of nitrogens with zero attached hydrogens (tertiary/aromatic N) is 3. The number of carbonyl (C=O) groups excluding carboxylic acids is 1. The van der Waals surface area contributed by atoms with Crippen molar-refractivity contribution in [2.24, 2.45) is 5.73 Å². The van der Waals surface area contributed by atoms with E-state index in [2.05, 4.69) is 20.5 Å². The van der Waals surface area contributed by atoms with Crippen LogP contribution in [0.4, 0.5) is 10.2 Å². The summed E-state index contributed by atoms with van der Waals surface area (Å²) in [4.78, 5) is 15.8. The Morgan fingerprint density at radius 3 is 2.62 bits per heavy atom. The highest BCUT2D eigenvalue weighted by Crippen LogP contribution is 2.44. The summed E-state index contributed by atoms with van der Waals surface area (Å²) < 4.78 is 13.7. The molecule has 2 aromatic heterocycles. The number of benzene rings is 1. The SMILES string of the molecule is NC(=O)c1cccc(-c2ccc(NCC3(c4ccccn4)CC(F)C3)nn2)c1O. The number of anilines is 1. The summed E-state index contributed by atoms with van der Waals surface area (Å²) in [5, 5.41) is 21.7. The van der Waals surface area contributed by atoms with E-state index in [0.29, 0.717) is 36.5 Å². The lowest BCUT2D eigenvalue weighted by Gasteiger charge is -2.43. The molecular formula is C21H20FN5O2. The maximum Gasteiger partial charge on any atom is 0.252 e. The number of amides is 1. The Kier molecular flexibility index (Phi) is 4.84. The molecule has 29 heavy (non-hydrogen) atoms. The number of rotatable bonds is 6. The minimum atomic E-state index is -0.826. The van der Waals surface area contributed by atoms with Crippen molar-refractivity contribution in [1.82, 2.24) is 15.2 Å². The lowest BCUT2D eigenvalue weighted by Crippen LogP contribution is -2.48. The van der Waals surface area contributed by atoms with Crippen molar-refractivity contribution in [3.8, 4) is 17.0 Å². The number of nitrogens with two attached hydrogens (primary N) is 1. The summed E-state index contributed by atoms with van der Waals surface area (Å²) in [6.45, 7) is 0.487. The highest BCUT2D eigenvalue weighted by molar-refractivity contribution is 5.97. The fraction of sp³-hybridized carbons (Fsp3) is 0.238. The van der Waals surface area contributed by atoms with E-state index < -0.39 is 12.1 Å². The van der Waals surface area contributed by atoms with Crippen molar-refractivity contribution in [1.29, 1.82) is 0 Å². The minimum absolute atomic E-state index is 0.0227. The molecule has 0 unspecified atom stereocenters. The third kappa shape index (κ3) is 3.61. The van der Waals surface area contributed by atoms with E-state index in [4.69, 9.17) is 5.73 Å². The number of primary amides is 1. The summed E-state index contributed by atoms with van der Waals surface area (Å²) in [7, 11) is 0.